The summed E-state index contributed by atoms with van der Waals surface area (Å²) in [5, 5.41) is 2.84. The minimum atomic E-state index is -0.778. The van der Waals surface area contributed by atoms with Gasteiger partial charge in [-0.3, -0.25) is 4.79 Å². The highest BCUT2D eigenvalue weighted by molar-refractivity contribution is 6.00. The molecule has 0 fully saturated rings. The lowest BCUT2D eigenvalue weighted by atomic mass is 10.0. The van der Waals surface area contributed by atoms with Crippen molar-refractivity contribution < 1.29 is 9.53 Å². The first-order chi connectivity index (χ1) is 7.03. The molecule has 1 aromatic rings. The summed E-state index contributed by atoms with van der Waals surface area (Å²) in [5.41, 5.74) is 1.19. The van der Waals surface area contributed by atoms with Crippen molar-refractivity contribution in [2.45, 2.75) is 32.8 Å². The maximum Gasteiger partial charge on any atom is 0.268 e. The third kappa shape index (κ3) is 1.69. The molecule has 1 amide bonds. The van der Waals surface area contributed by atoms with Crippen LogP contribution in [0.15, 0.2) is 18.2 Å². The molecule has 2 rings (SSSR count). The van der Waals surface area contributed by atoms with Gasteiger partial charge in [-0.1, -0.05) is 13.0 Å². The number of anilines is 1. The minimum absolute atomic E-state index is 0.0979. The van der Waals surface area contributed by atoms with Gasteiger partial charge in [0.2, 0.25) is 0 Å². The molecule has 0 aromatic heterocycles. The van der Waals surface area contributed by atoms with Gasteiger partial charge in [0.05, 0.1) is 5.69 Å². The van der Waals surface area contributed by atoms with Crippen LogP contribution in [0.4, 0.5) is 5.69 Å². The maximum atomic E-state index is 11.6. The van der Waals surface area contributed by atoms with Gasteiger partial charge >= 0.3 is 0 Å². The topological polar surface area (TPSA) is 38.3 Å². The van der Waals surface area contributed by atoms with E-state index in [4.69, 9.17) is 4.74 Å². The summed E-state index contributed by atoms with van der Waals surface area (Å²) in [6, 6.07) is 5.87. The fourth-order valence-corrected chi connectivity index (χ4v) is 1.57. The summed E-state index contributed by atoms with van der Waals surface area (Å²) >= 11 is 0. The van der Waals surface area contributed by atoms with Gasteiger partial charge in [0.15, 0.2) is 5.60 Å². The molecule has 80 valence electrons. The molecule has 0 saturated heterocycles. The lowest BCUT2D eigenvalue weighted by molar-refractivity contribution is -0.129. The van der Waals surface area contributed by atoms with E-state index in [2.05, 4.69) is 12.2 Å². The molecule has 1 aromatic carbocycles. The molecule has 0 radical (unpaired) electrons. The summed E-state index contributed by atoms with van der Waals surface area (Å²) in [6.07, 6.45) is 0.963. The SMILES string of the molecule is CCc1ccc2c(c1)OC(C)(C)C(=O)N2. The largest absolute Gasteiger partial charge is 0.476 e. The molecular weight excluding hydrogens is 190 g/mol. The van der Waals surface area contributed by atoms with Crippen molar-refractivity contribution in [2.75, 3.05) is 5.32 Å². The Morgan fingerprint density at radius 1 is 1.40 bits per heavy atom. The van der Waals surface area contributed by atoms with E-state index in [1.54, 1.807) is 13.8 Å². The number of rotatable bonds is 1. The predicted octanol–water partition coefficient (Wildman–Crippen LogP) is 2.36. The standard InChI is InChI=1S/C12H15NO2/c1-4-8-5-6-9-10(7-8)15-12(2,3)11(14)13-9/h5-7H,4H2,1-3H3,(H,13,14). The second-order valence-corrected chi connectivity index (χ2v) is 4.25. The zero-order valence-corrected chi connectivity index (χ0v) is 9.26. The number of amides is 1. The van der Waals surface area contributed by atoms with Crippen molar-refractivity contribution in [1.82, 2.24) is 0 Å². The lowest BCUT2D eigenvalue weighted by Crippen LogP contribution is -2.45. The monoisotopic (exact) mass is 205 g/mol. The van der Waals surface area contributed by atoms with Crippen molar-refractivity contribution in [3.05, 3.63) is 23.8 Å². The first kappa shape index (κ1) is 10.0. The minimum Gasteiger partial charge on any atom is -0.476 e. The molecule has 1 aliphatic heterocycles. The average Bonchev–Trinajstić information content (AvgIpc) is 2.18. The number of benzene rings is 1. The fourth-order valence-electron chi connectivity index (χ4n) is 1.57. The molecule has 0 bridgehead atoms. The summed E-state index contributed by atoms with van der Waals surface area (Å²) in [5.74, 6) is 0.665. The van der Waals surface area contributed by atoms with Gasteiger partial charge in [-0.2, -0.15) is 0 Å². The van der Waals surface area contributed by atoms with Gasteiger partial charge in [0.25, 0.3) is 5.91 Å². The first-order valence-electron chi connectivity index (χ1n) is 5.16. The summed E-state index contributed by atoms with van der Waals surface area (Å²) in [6.45, 7) is 5.63. The van der Waals surface area contributed by atoms with Gasteiger partial charge in [-0.15, -0.1) is 0 Å². The average molecular weight is 205 g/mol. The van der Waals surface area contributed by atoms with Crippen LogP contribution in [-0.2, 0) is 11.2 Å². The molecule has 1 heterocycles. The second-order valence-electron chi connectivity index (χ2n) is 4.25. The van der Waals surface area contributed by atoms with Crippen LogP contribution >= 0.6 is 0 Å². The Bertz CT molecular complexity index is 410. The van der Waals surface area contributed by atoms with E-state index in [1.807, 2.05) is 18.2 Å². The molecule has 3 nitrogen and oxygen atoms in total. The van der Waals surface area contributed by atoms with E-state index < -0.39 is 5.60 Å². The van der Waals surface area contributed by atoms with Crippen LogP contribution in [0.5, 0.6) is 5.75 Å². The molecule has 0 unspecified atom stereocenters. The summed E-state index contributed by atoms with van der Waals surface area (Å²) in [7, 11) is 0. The van der Waals surface area contributed by atoms with Crippen molar-refractivity contribution >= 4 is 11.6 Å². The van der Waals surface area contributed by atoms with Crippen LogP contribution in [-0.4, -0.2) is 11.5 Å². The van der Waals surface area contributed by atoms with Crippen LogP contribution in [0, 0.1) is 0 Å². The van der Waals surface area contributed by atoms with Gasteiger partial charge < -0.3 is 10.1 Å². The first-order valence-corrected chi connectivity index (χ1v) is 5.16. The molecular formula is C12H15NO2. The van der Waals surface area contributed by atoms with E-state index in [1.165, 1.54) is 5.56 Å². The van der Waals surface area contributed by atoms with E-state index >= 15 is 0 Å². The van der Waals surface area contributed by atoms with Crippen LogP contribution in [0.25, 0.3) is 0 Å². The van der Waals surface area contributed by atoms with Crippen molar-refractivity contribution in [2.24, 2.45) is 0 Å². The maximum absolute atomic E-state index is 11.6. The van der Waals surface area contributed by atoms with E-state index in [0.717, 1.165) is 17.9 Å². The van der Waals surface area contributed by atoms with Gasteiger partial charge in [-0.05, 0) is 38.0 Å². The fraction of sp³-hybridized carbons (Fsp3) is 0.417. The smallest absolute Gasteiger partial charge is 0.268 e. The highest BCUT2D eigenvalue weighted by atomic mass is 16.5. The number of carbonyl (C=O) groups excluding carboxylic acids is 1. The molecule has 3 heteroatoms. The van der Waals surface area contributed by atoms with Gasteiger partial charge in [-0.25, -0.2) is 0 Å². The lowest BCUT2D eigenvalue weighted by Gasteiger charge is -2.31. The highest BCUT2D eigenvalue weighted by Gasteiger charge is 2.35. The third-order valence-electron chi connectivity index (χ3n) is 2.61. The predicted molar refractivity (Wildman–Crippen MR) is 59.2 cm³/mol. The molecule has 15 heavy (non-hydrogen) atoms. The number of hydrogen-bond acceptors (Lipinski definition) is 2. The van der Waals surface area contributed by atoms with Gasteiger partial charge in [0, 0.05) is 0 Å². The second kappa shape index (κ2) is 3.26. The Balaban J connectivity index is 2.42. The van der Waals surface area contributed by atoms with Crippen molar-refractivity contribution in [3.8, 4) is 5.75 Å². The van der Waals surface area contributed by atoms with E-state index in [9.17, 15) is 4.79 Å². The molecule has 0 saturated carbocycles. The molecule has 1 aliphatic rings. The van der Waals surface area contributed by atoms with Crippen LogP contribution in [0.1, 0.15) is 26.3 Å². The number of fused-ring (bicyclic) bond motifs is 1. The quantitative estimate of drug-likeness (QED) is 0.764. The number of ether oxygens (including phenoxy) is 1. The number of aryl methyl sites for hydroxylation is 1. The normalized spacial score (nSPS) is 17.7. The third-order valence-corrected chi connectivity index (χ3v) is 2.61. The van der Waals surface area contributed by atoms with Crippen LogP contribution < -0.4 is 10.1 Å². The zero-order chi connectivity index (χ0) is 11.1. The highest BCUT2D eigenvalue weighted by Crippen LogP contribution is 2.34. The van der Waals surface area contributed by atoms with E-state index in [-0.39, 0.29) is 5.91 Å². The number of nitrogens with one attached hydrogen (secondary N) is 1. The summed E-state index contributed by atoms with van der Waals surface area (Å²) in [4.78, 5) is 11.6. The van der Waals surface area contributed by atoms with Crippen LogP contribution in [0.2, 0.25) is 0 Å². The molecule has 0 aliphatic carbocycles. The zero-order valence-electron chi connectivity index (χ0n) is 9.26. The molecule has 1 N–H and O–H groups in total. The Morgan fingerprint density at radius 3 is 2.80 bits per heavy atom. The van der Waals surface area contributed by atoms with E-state index in [0.29, 0.717) is 0 Å². The van der Waals surface area contributed by atoms with Gasteiger partial charge in [0.1, 0.15) is 5.75 Å². The number of carbonyl (C=O) groups is 1. The Hall–Kier alpha value is -1.51. The Labute approximate surface area is 89.4 Å². The Morgan fingerprint density at radius 2 is 2.13 bits per heavy atom. The molecule has 0 atom stereocenters. The number of hydrogen-bond donors (Lipinski definition) is 1. The summed E-state index contributed by atoms with van der Waals surface area (Å²) < 4.78 is 5.66. The van der Waals surface area contributed by atoms with Crippen molar-refractivity contribution in [1.29, 1.82) is 0 Å². The van der Waals surface area contributed by atoms with Crippen LogP contribution in [0.3, 0.4) is 0 Å². The Kier molecular flexibility index (Phi) is 2.18. The molecule has 0 spiro atoms. The van der Waals surface area contributed by atoms with Crippen molar-refractivity contribution in [3.63, 3.8) is 0 Å².